The van der Waals surface area contributed by atoms with Crippen molar-refractivity contribution < 1.29 is 14.7 Å². The molecule has 1 amide bonds. The molecule has 106 valence electrons. The van der Waals surface area contributed by atoms with E-state index in [0.29, 0.717) is 24.2 Å². The Morgan fingerprint density at radius 1 is 1.50 bits per heavy atom. The lowest BCUT2D eigenvalue weighted by Crippen LogP contribution is -2.30. The lowest BCUT2D eigenvalue weighted by Gasteiger charge is -2.13. The number of nitrogens with one attached hydrogen (secondary N) is 1. The van der Waals surface area contributed by atoms with E-state index in [1.54, 1.807) is 13.0 Å². The zero-order chi connectivity index (χ0) is 15.1. The van der Waals surface area contributed by atoms with Crippen LogP contribution in [-0.4, -0.2) is 28.5 Å². The van der Waals surface area contributed by atoms with Crippen molar-refractivity contribution in [3.05, 3.63) is 29.1 Å². The van der Waals surface area contributed by atoms with Gasteiger partial charge in [-0.25, -0.2) is 4.98 Å². The van der Waals surface area contributed by atoms with Crippen molar-refractivity contribution in [1.82, 2.24) is 10.3 Å². The molecule has 1 unspecified atom stereocenters. The fraction of sp³-hybridized carbons (Fsp3) is 0.429. The number of carboxylic acids is 1. The van der Waals surface area contributed by atoms with Crippen molar-refractivity contribution >= 4 is 11.9 Å². The van der Waals surface area contributed by atoms with Crippen LogP contribution in [0.25, 0.3) is 0 Å². The second-order valence-corrected chi connectivity index (χ2v) is 4.52. The van der Waals surface area contributed by atoms with Crippen molar-refractivity contribution in [3.8, 4) is 6.07 Å². The summed E-state index contributed by atoms with van der Waals surface area (Å²) in [5, 5.41) is 20.2. The van der Waals surface area contributed by atoms with E-state index < -0.39 is 5.97 Å². The third kappa shape index (κ3) is 4.35. The van der Waals surface area contributed by atoms with E-state index in [2.05, 4.69) is 10.3 Å². The average molecular weight is 275 g/mol. The van der Waals surface area contributed by atoms with E-state index in [9.17, 15) is 9.59 Å². The second-order valence-electron chi connectivity index (χ2n) is 4.52. The van der Waals surface area contributed by atoms with Crippen LogP contribution in [0, 0.1) is 24.2 Å². The molecule has 0 aliphatic rings. The number of carboxylic acid groups (broad SMARTS) is 1. The highest BCUT2D eigenvalue weighted by Gasteiger charge is 2.14. The Labute approximate surface area is 117 Å². The van der Waals surface area contributed by atoms with Gasteiger partial charge in [0, 0.05) is 13.0 Å². The smallest absolute Gasteiger partial charge is 0.303 e. The zero-order valence-corrected chi connectivity index (χ0v) is 11.5. The maximum atomic E-state index is 11.9. The predicted octanol–water partition coefficient (Wildman–Crippen LogP) is 1.49. The highest BCUT2D eigenvalue weighted by atomic mass is 16.4. The van der Waals surface area contributed by atoms with Gasteiger partial charge in [-0.1, -0.05) is 13.3 Å². The lowest BCUT2D eigenvalue weighted by atomic mass is 10.0. The third-order valence-electron chi connectivity index (χ3n) is 3.03. The van der Waals surface area contributed by atoms with Crippen LogP contribution in [0.3, 0.4) is 0 Å². The quantitative estimate of drug-likeness (QED) is 0.818. The van der Waals surface area contributed by atoms with Gasteiger partial charge in [0.15, 0.2) is 0 Å². The molecule has 1 atom stereocenters. The van der Waals surface area contributed by atoms with Crippen LogP contribution in [0.2, 0.25) is 0 Å². The van der Waals surface area contributed by atoms with Gasteiger partial charge in [-0.2, -0.15) is 5.26 Å². The monoisotopic (exact) mass is 275 g/mol. The van der Waals surface area contributed by atoms with Gasteiger partial charge in [-0.05, 0) is 25.0 Å². The van der Waals surface area contributed by atoms with E-state index in [1.807, 2.05) is 13.0 Å². The van der Waals surface area contributed by atoms with Crippen LogP contribution in [0.4, 0.5) is 0 Å². The van der Waals surface area contributed by atoms with Gasteiger partial charge < -0.3 is 10.4 Å². The first-order valence-corrected chi connectivity index (χ1v) is 6.35. The topological polar surface area (TPSA) is 103 Å². The number of carbonyl (C=O) groups is 2. The summed E-state index contributed by atoms with van der Waals surface area (Å²) in [4.78, 5) is 26.6. The highest BCUT2D eigenvalue weighted by Crippen LogP contribution is 2.08. The first-order chi connectivity index (χ1) is 9.47. The largest absolute Gasteiger partial charge is 0.481 e. The van der Waals surface area contributed by atoms with Gasteiger partial charge in [-0.15, -0.1) is 0 Å². The number of pyridine rings is 1. The summed E-state index contributed by atoms with van der Waals surface area (Å²) < 4.78 is 0. The maximum absolute atomic E-state index is 11.9. The number of hydrogen-bond acceptors (Lipinski definition) is 4. The molecule has 0 aromatic carbocycles. The average Bonchev–Trinajstić information content (AvgIpc) is 2.42. The molecule has 0 spiro atoms. The minimum absolute atomic E-state index is 0.0244. The van der Waals surface area contributed by atoms with Crippen molar-refractivity contribution in [3.63, 3.8) is 0 Å². The Kier molecular flexibility index (Phi) is 5.66. The summed E-state index contributed by atoms with van der Waals surface area (Å²) in [5.41, 5.74) is 1.16. The number of nitriles is 1. The summed E-state index contributed by atoms with van der Waals surface area (Å²) >= 11 is 0. The Morgan fingerprint density at radius 2 is 2.20 bits per heavy atom. The molecule has 1 heterocycles. The van der Waals surface area contributed by atoms with Gasteiger partial charge in [0.1, 0.15) is 11.8 Å². The summed E-state index contributed by atoms with van der Waals surface area (Å²) in [6.07, 6.45) is 0.697. The van der Waals surface area contributed by atoms with Gasteiger partial charge in [0.2, 0.25) is 0 Å². The highest BCUT2D eigenvalue weighted by molar-refractivity contribution is 5.92. The van der Waals surface area contributed by atoms with Crippen LogP contribution in [-0.2, 0) is 4.79 Å². The number of aromatic nitrogens is 1. The molecule has 0 fully saturated rings. The van der Waals surface area contributed by atoms with E-state index in [1.165, 1.54) is 6.07 Å². The molecule has 0 bridgehead atoms. The van der Waals surface area contributed by atoms with Crippen molar-refractivity contribution in [2.45, 2.75) is 26.7 Å². The first kappa shape index (κ1) is 15.6. The van der Waals surface area contributed by atoms with Gasteiger partial charge in [0.25, 0.3) is 5.91 Å². The lowest BCUT2D eigenvalue weighted by molar-refractivity contribution is -0.138. The summed E-state index contributed by atoms with van der Waals surface area (Å²) in [5.74, 6) is -1.34. The Hall–Kier alpha value is -2.42. The summed E-state index contributed by atoms with van der Waals surface area (Å²) in [6.45, 7) is 3.83. The van der Waals surface area contributed by atoms with Gasteiger partial charge in [0.05, 0.1) is 11.3 Å². The normalized spacial score (nSPS) is 11.4. The molecule has 1 rings (SSSR count). The number of aliphatic carboxylic acids is 1. The molecule has 0 aliphatic heterocycles. The number of carbonyl (C=O) groups excluding carboxylic acids is 1. The molecule has 6 heteroatoms. The Morgan fingerprint density at radius 3 is 2.70 bits per heavy atom. The van der Waals surface area contributed by atoms with Crippen LogP contribution >= 0.6 is 0 Å². The fourth-order valence-electron chi connectivity index (χ4n) is 1.74. The maximum Gasteiger partial charge on any atom is 0.303 e. The minimum Gasteiger partial charge on any atom is -0.481 e. The molecule has 0 saturated carbocycles. The number of rotatable bonds is 6. The molecule has 0 saturated heterocycles. The van der Waals surface area contributed by atoms with E-state index in [4.69, 9.17) is 10.4 Å². The van der Waals surface area contributed by atoms with Crippen molar-refractivity contribution in [2.24, 2.45) is 5.92 Å². The Balaban J connectivity index is 2.65. The van der Waals surface area contributed by atoms with Crippen LogP contribution in [0.15, 0.2) is 12.1 Å². The van der Waals surface area contributed by atoms with Gasteiger partial charge in [-0.3, -0.25) is 9.59 Å². The molecule has 1 aromatic heterocycles. The number of amides is 1. The van der Waals surface area contributed by atoms with Crippen LogP contribution < -0.4 is 5.32 Å². The van der Waals surface area contributed by atoms with E-state index >= 15 is 0 Å². The SMILES string of the molecule is CCC(CNC(=O)c1ccc(C#N)c(C)n1)CC(=O)O. The van der Waals surface area contributed by atoms with Crippen molar-refractivity contribution in [1.29, 1.82) is 5.26 Å². The molecule has 6 nitrogen and oxygen atoms in total. The molecule has 2 N–H and O–H groups in total. The molecule has 20 heavy (non-hydrogen) atoms. The molecule has 0 aliphatic carbocycles. The molecular formula is C14H17N3O3. The van der Waals surface area contributed by atoms with E-state index in [0.717, 1.165) is 0 Å². The Bertz CT molecular complexity index is 549. The number of nitrogens with zero attached hydrogens (tertiary/aromatic N) is 2. The molecular weight excluding hydrogens is 258 g/mol. The number of hydrogen-bond donors (Lipinski definition) is 2. The second kappa shape index (κ2) is 7.24. The summed E-state index contributed by atoms with van der Waals surface area (Å²) in [7, 11) is 0. The van der Waals surface area contributed by atoms with Crippen LogP contribution in [0.5, 0.6) is 0 Å². The van der Waals surface area contributed by atoms with Crippen molar-refractivity contribution in [2.75, 3.05) is 6.54 Å². The van der Waals surface area contributed by atoms with Crippen LogP contribution in [0.1, 0.15) is 41.5 Å². The number of aryl methyl sites for hydroxylation is 1. The predicted molar refractivity (Wildman–Crippen MR) is 72.1 cm³/mol. The summed E-state index contributed by atoms with van der Waals surface area (Å²) in [6, 6.07) is 5.02. The first-order valence-electron chi connectivity index (χ1n) is 6.35. The zero-order valence-electron chi connectivity index (χ0n) is 11.5. The van der Waals surface area contributed by atoms with Gasteiger partial charge >= 0.3 is 5.97 Å². The third-order valence-corrected chi connectivity index (χ3v) is 3.03. The standard InChI is InChI=1S/C14H17N3O3/c1-3-10(6-13(18)19)8-16-14(20)12-5-4-11(7-15)9(2)17-12/h4-5,10H,3,6,8H2,1-2H3,(H,16,20)(H,18,19). The fourth-order valence-corrected chi connectivity index (χ4v) is 1.74. The molecule has 0 radical (unpaired) electrons. The molecule has 1 aromatic rings. The van der Waals surface area contributed by atoms with E-state index in [-0.39, 0.29) is 23.9 Å². The minimum atomic E-state index is -0.876.